The van der Waals surface area contributed by atoms with Crippen LogP contribution in [0.1, 0.15) is 15.4 Å². The Labute approximate surface area is 141 Å². The maximum absolute atomic E-state index is 12.4. The Morgan fingerprint density at radius 1 is 1.22 bits per heavy atom. The molecule has 4 aromatic rings. The van der Waals surface area contributed by atoms with Crippen LogP contribution in [0.5, 0.6) is 0 Å². The fourth-order valence-corrected chi connectivity index (χ4v) is 3.92. The highest BCUT2D eigenvalue weighted by Crippen LogP contribution is 2.34. The maximum atomic E-state index is 12.4. The third-order valence-corrected chi connectivity index (χ3v) is 5.26. The third kappa shape index (κ3) is 2.58. The molecule has 0 saturated heterocycles. The van der Waals surface area contributed by atoms with Crippen LogP contribution in [-0.4, -0.2) is 15.3 Å². The zero-order valence-electron chi connectivity index (χ0n) is 12.0. The van der Waals surface area contributed by atoms with Crippen molar-refractivity contribution in [2.75, 3.05) is 0 Å². The number of hydrogen-bond acceptors (Lipinski definition) is 3. The van der Waals surface area contributed by atoms with Crippen LogP contribution in [0.15, 0.2) is 54.9 Å². The third-order valence-electron chi connectivity index (χ3n) is 3.59. The Morgan fingerprint density at radius 2 is 2.04 bits per heavy atom. The lowest BCUT2D eigenvalue weighted by molar-refractivity contribution is 0.0954. The van der Waals surface area contributed by atoms with Gasteiger partial charge in [0.05, 0.1) is 17.3 Å². The topological polar surface area (TPSA) is 46.4 Å². The van der Waals surface area contributed by atoms with Crippen molar-refractivity contribution in [3.63, 3.8) is 0 Å². The molecule has 1 amide bonds. The van der Waals surface area contributed by atoms with Crippen LogP contribution in [0.4, 0.5) is 0 Å². The van der Waals surface area contributed by atoms with Gasteiger partial charge in [-0.05, 0) is 18.2 Å². The van der Waals surface area contributed by atoms with Gasteiger partial charge in [-0.15, -0.1) is 11.3 Å². The second kappa shape index (κ2) is 5.68. The van der Waals surface area contributed by atoms with Gasteiger partial charge in [-0.3, -0.25) is 4.79 Å². The van der Waals surface area contributed by atoms with Crippen LogP contribution < -0.4 is 5.32 Å². The predicted octanol–water partition coefficient (Wildman–Crippen LogP) is 4.13. The molecule has 0 aliphatic rings. The first-order valence-corrected chi connectivity index (χ1v) is 8.29. The average Bonchev–Trinajstić information content (AvgIpc) is 3.14. The summed E-state index contributed by atoms with van der Waals surface area (Å²) >= 11 is 7.73. The number of thiophene rings is 1. The van der Waals surface area contributed by atoms with E-state index in [4.69, 9.17) is 11.6 Å². The summed E-state index contributed by atoms with van der Waals surface area (Å²) in [4.78, 5) is 17.4. The molecule has 0 spiro atoms. The van der Waals surface area contributed by atoms with Gasteiger partial charge in [0.2, 0.25) is 0 Å². The largest absolute Gasteiger partial charge is 0.346 e. The van der Waals surface area contributed by atoms with Crippen LogP contribution in [0.3, 0.4) is 0 Å². The van der Waals surface area contributed by atoms with Crippen LogP contribution in [0.25, 0.3) is 15.7 Å². The first kappa shape index (κ1) is 14.2. The minimum atomic E-state index is -0.173. The fourth-order valence-electron chi connectivity index (χ4n) is 2.48. The van der Waals surface area contributed by atoms with Gasteiger partial charge in [-0.1, -0.05) is 35.9 Å². The Kier molecular flexibility index (Phi) is 3.52. The van der Waals surface area contributed by atoms with E-state index in [0.717, 1.165) is 21.4 Å². The lowest BCUT2D eigenvalue weighted by Crippen LogP contribution is -2.22. The number of carbonyl (C=O) groups excluding carboxylic acids is 1. The van der Waals surface area contributed by atoms with Crippen molar-refractivity contribution >= 4 is 44.6 Å². The smallest absolute Gasteiger partial charge is 0.263 e. The average molecular weight is 342 g/mol. The number of aromatic nitrogens is 2. The van der Waals surface area contributed by atoms with E-state index in [2.05, 4.69) is 10.3 Å². The number of pyridine rings is 1. The normalized spacial score (nSPS) is 11.2. The Hall–Kier alpha value is -2.37. The predicted molar refractivity (Wildman–Crippen MR) is 93.2 cm³/mol. The molecule has 3 aromatic heterocycles. The van der Waals surface area contributed by atoms with Gasteiger partial charge in [0, 0.05) is 22.5 Å². The maximum Gasteiger partial charge on any atom is 0.263 e. The van der Waals surface area contributed by atoms with Crippen molar-refractivity contribution < 1.29 is 4.79 Å². The zero-order chi connectivity index (χ0) is 15.8. The summed E-state index contributed by atoms with van der Waals surface area (Å²) in [6.45, 7) is 0.366. The highest BCUT2D eigenvalue weighted by atomic mass is 35.5. The van der Waals surface area contributed by atoms with E-state index in [-0.39, 0.29) is 5.91 Å². The molecule has 0 fully saturated rings. The molecular weight excluding hydrogens is 330 g/mol. The fraction of sp³-hybridized carbons (Fsp3) is 0.0588. The minimum Gasteiger partial charge on any atom is -0.346 e. The van der Waals surface area contributed by atoms with Gasteiger partial charge in [0.15, 0.2) is 0 Å². The molecule has 0 unspecified atom stereocenters. The zero-order valence-corrected chi connectivity index (χ0v) is 13.6. The summed E-state index contributed by atoms with van der Waals surface area (Å²) < 4.78 is 2.93. The Balaban J connectivity index is 1.56. The summed E-state index contributed by atoms with van der Waals surface area (Å²) in [6, 6.07) is 13.5. The van der Waals surface area contributed by atoms with E-state index in [9.17, 15) is 4.79 Å². The summed E-state index contributed by atoms with van der Waals surface area (Å²) in [6.07, 6.45) is 3.83. The van der Waals surface area contributed by atoms with Crippen molar-refractivity contribution in [3.05, 3.63) is 70.5 Å². The number of imidazole rings is 1. The van der Waals surface area contributed by atoms with Crippen molar-refractivity contribution in [3.8, 4) is 0 Å². The quantitative estimate of drug-likeness (QED) is 0.609. The number of amides is 1. The lowest BCUT2D eigenvalue weighted by Gasteiger charge is -2.01. The van der Waals surface area contributed by atoms with Crippen molar-refractivity contribution in [2.45, 2.75) is 6.54 Å². The van der Waals surface area contributed by atoms with Gasteiger partial charge in [-0.2, -0.15) is 0 Å². The van der Waals surface area contributed by atoms with Gasteiger partial charge < -0.3 is 9.72 Å². The summed E-state index contributed by atoms with van der Waals surface area (Å²) in [7, 11) is 0. The van der Waals surface area contributed by atoms with Gasteiger partial charge >= 0.3 is 0 Å². The van der Waals surface area contributed by atoms with E-state index in [1.165, 1.54) is 11.3 Å². The van der Waals surface area contributed by atoms with Crippen molar-refractivity contribution in [2.24, 2.45) is 0 Å². The van der Waals surface area contributed by atoms with Crippen molar-refractivity contribution in [1.82, 2.24) is 14.7 Å². The Morgan fingerprint density at radius 3 is 2.87 bits per heavy atom. The lowest BCUT2D eigenvalue weighted by atomic mass is 10.2. The molecule has 0 bridgehead atoms. The molecule has 1 aromatic carbocycles. The van der Waals surface area contributed by atoms with Gasteiger partial charge in [-0.25, -0.2) is 4.98 Å². The van der Waals surface area contributed by atoms with E-state index in [1.807, 2.05) is 59.3 Å². The second-order valence-electron chi connectivity index (χ2n) is 5.12. The molecule has 23 heavy (non-hydrogen) atoms. The number of rotatable bonds is 3. The first-order valence-electron chi connectivity index (χ1n) is 7.10. The highest BCUT2D eigenvalue weighted by molar-refractivity contribution is 7.21. The number of nitrogens with zero attached hydrogens (tertiary/aromatic N) is 2. The summed E-state index contributed by atoms with van der Waals surface area (Å²) in [5, 5.41) is 4.32. The molecule has 4 rings (SSSR count). The Bertz CT molecular complexity index is 988. The van der Waals surface area contributed by atoms with E-state index >= 15 is 0 Å². The monoisotopic (exact) mass is 341 g/mol. The summed E-state index contributed by atoms with van der Waals surface area (Å²) in [5.41, 5.74) is 1.67. The minimum absolute atomic E-state index is 0.173. The van der Waals surface area contributed by atoms with Crippen LogP contribution >= 0.6 is 22.9 Å². The van der Waals surface area contributed by atoms with E-state index in [1.54, 1.807) is 0 Å². The summed E-state index contributed by atoms with van der Waals surface area (Å²) in [5.74, 6) is -0.173. The molecule has 0 aliphatic heterocycles. The number of hydrogen-bond donors (Lipinski definition) is 1. The first-order chi connectivity index (χ1) is 11.2. The number of nitrogens with one attached hydrogen (secondary N) is 1. The molecule has 3 heterocycles. The van der Waals surface area contributed by atoms with Crippen LogP contribution in [-0.2, 0) is 6.54 Å². The molecular formula is C17H12ClN3OS. The molecule has 6 heteroatoms. The second-order valence-corrected chi connectivity index (χ2v) is 6.55. The molecule has 0 radical (unpaired) electrons. The molecule has 0 atom stereocenters. The van der Waals surface area contributed by atoms with Crippen LogP contribution in [0.2, 0.25) is 5.02 Å². The molecule has 0 aliphatic carbocycles. The number of carbonyl (C=O) groups is 1. The van der Waals surface area contributed by atoms with Crippen LogP contribution in [0, 0.1) is 0 Å². The number of fused-ring (bicyclic) bond motifs is 2. The van der Waals surface area contributed by atoms with Gasteiger partial charge in [0.1, 0.15) is 10.5 Å². The standard InChI is InChI=1S/C17H12ClN3OS/c18-15-12-5-1-2-6-13(12)23-16(15)17(22)19-9-11-10-21-8-4-3-7-14(21)20-11/h1-8,10H,9H2,(H,19,22). The molecule has 4 nitrogen and oxygen atoms in total. The molecule has 0 saturated carbocycles. The molecule has 114 valence electrons. The van der Waals surface area contributed by atoms with Crippen molar-refractivity contribution in [1.29, 1.82) is 0 Å². The van der Waals surface area contributed by atoms with E-state index < -0.39 is 0 Å². The van der Waals surface area contributed by atoms with E-state index in [0.29, 0.717) is 16.4 Å². The number of halogens is 1. The number of benzene rings is 1. The van der Waals surface area contributed by atoms with Gasteiger partial charge in [0.25, 0.3) is 5.91 Å². The SMILES string of the molecule is O=C(NCc1cn2ccccc2n1)c1sc2ccccc2c1Cl. The highest BCUT2D eigenvalue weighted by Gasteiger charge is 2.16. The molecule has 1 N–H and O–H groups in total.